The van der Waals surface area contributed by atoms with Gasteiger partial charge in [0.05, 0.1) is 0 Å². The highest BCUT2D eigenvalue weighted by Gasteiger charge is 2.33. The lowest BCUT2D eigenvalue weighted by molar-refractivity contribution is 0.314. The summed E-state index contributed by atoms with van der Waals surface area (Å²) < 4.78 is 14.3. The van der Waals surface area contributed by atoms with Crippen LogP contribution in [0.3, 0.4) is 0 Å². The maximum Gasteiger partial charge on any atom is 0.128 e. The van der Waals surface area contributed by atoms with Crippen molar-refractivity contribution < 1.29 is 4.39 Å². The average Bonchev–Trinajstić information content (AvgIpc) is 2.46. The van der Waals surface area contributed by atoms with Crippen molar-refractivity contribution in [3.8, 4) is 0 Å². The van der Waals surface area contributed by atoms with Gasteiger partial charge in [-0.05, 0) is 42.5 Å². The molecule has 0 aromatic heterocycles. The van der Waals surface area contributed by atoms with Gasteiger partial charge in [-0.2, -0.15) is 0 Å². The predicted octanol–water partition coefficient (Wildman–Crippen LogP) is 5.81. The van der Waals surface area contributed by atoms with E-state index in [4.69, 9.17) is 28.9 Å². The molecule has 0 amide bonds. The highest BCUT2D eigenvalue weighted by molar-refractivity contribution is 6.31. The van der Waals surface area contributed by atoms with Gasteiger partial charge >= 0.3 is 0 Å². The number of rotatable bonds is 7. The molecule has 4 heteroatoms. The van der Waals surface area contributed by atoms with Gasteiger partial charge in [-0.3, -0.25) is 0 Å². The maximum absolute atomic E-state index is 14.3. The van der Waals surface area contributed by atoms with Gasteiger partial charge in [0, 0.05) is 22.0 Å². The summed E-state index contributed by atoms with van der Waals surface area (Å²) >= 11 is 11.9. The van der Waals surface area contributed by atoms with E-state index >= 15 is 0 Å². The Bertz CT molecular complexity index is 554. The fourth-order valence-electron chi connectivity index (χ4n) is 2.44. The fraction of sp³-hybridized carbons (Fsp3) is 0.444. The molecule has 0 saturated carbocycles. The smallest absolute Gasteiger partial charge is 0.128 e. The van der Waals surface area contributed by atoms with E-state index < -0.39 is 5.41 Å². The van der Waals surface area contributed by atoms with Crippen LogP contribution in [0.4, 0.5) is 4.39 Å². The van der Waals surface area contributed by atoms with Crippen molar-refractivity contribution in [3.63, 3.8) is 0 Å². The zero-order valence-corrected chi connectivity index (χ0v) is 14.9. The minimum absolute atomic E-state index is 0.163. The molecule has 22 heavy (non-hydrogen) atoms. The molecule has 2 N–H and O–H groups in total. The second-order valence-electron chi connectivity index (χ2n) is 5.78. The molecule has 1 nitrogen and oxygen atoms in total. The molecule has 0 spiro atoms. The molecule has 0 radical (unpaired) electrons. The molecule has 0 heterocycles. The number of hydrogen-bond donors (Lipinski definition) is 1. The Hall–Kier alpha value is -0.830. The van der Waals surface area contributed by atoms with Crippen LogP contribution in [0, 0.1) is 11.7 Å². The molecular weight excluding hydrogens is 320 g/mol. The third-order valence-corrected chi connectivity index (χ3v) is 4.74. The molecule has 0 saturated heterocycles. The predicted molar refractivity (Wildman–Crippen MR) is 95.0 cm³/mol. The summed E-state index contributed by atoms with van der Waals surface area (Å²) in [6.07, 6.45) is 7.51. The summed E-state index contributed by atoms with van der Waals surface area (Å²) in [5.74, 6) is -0.143. The van der Waals surface area contributed by atoms with E-state index in [1.54, 1.807) is 12.1 Å². The van der Waals surface area contributed by atoms with E-state index in [2.05, 4.69) is 6.92 Å². The maximum atomic E-state index is 14.3. The Morgan fingerprint density at radius 3 is 2.68 bits per heavy atom. The number of halogens is 3. The molecular formula is C18H24Cl2FN. The van der Waals surface area contributed by atoms with Crippen LogP contribution in [0.15, 0.2) is 41.5 Å². The lowest BCUT2D eigenvalue weighted by Gasteiger charge is -2.35. The standard InChI is InChI=1S/C18H24Cl2FN/c1-4-6-14(19)8-5-7-13(2)18(3,12-22)16-10-9-15(20)11-17(16)21/h5-6,8-11,13H,4,7,12,22H2,1-3H3/b8-5-,14-6+. The van der Waals surface area contributed by atoms with Gasteiger partial charge < -0.3 is 5.73 Å². The number of hydrogen-bond acceptors (Lipinski definition) is 1. The van der Waals surface area contributed by atoms with Gasteiger partial charge in [-0.15, -0.1) is 0 Å². The number of allylic oxidation sites excluding steroid dienone is 4. The monoisotopic (exact) mass is 343 g/mol. The van der Waals surface area contributed by atoms with Crippen LogP contribution >= 0.6 is 23.2 Å². The Balaban J connectivity index is 2.95. The second-order valence-corrected chi connectivity index (χ2v) is 6.66. The first-order valence-electron chi connectivity index (χ1n) is 7.53. The minimum Gasteiger partial charge on any atom is -0.330 e. The van der Waals surface area contributed by atoms with Crippen molar-refractivity contribution in [2.75, 3.05) is 6.54 Å². The van der Waals surface area contributed by atoms with Crippen LogP contribution in [-0.2, 0) is 5.41 Å². The van der Waals surface area contributed by atoms with Crippen LogP contribution in [0.1, 0.15) is 39.2 Å². The normalized spacial score (nSPS) is 16.8. The van der Waals surface area contributed by atoms with E-state index in [1.165, 1.54) is 6.07 Å². The second kappa shape index (κ2) is 8.71. The molecule has 1 aromatic rings. The van der Waals surface area contributed by atoms with Crippen LogP contribution in [0.25, 0.3) is 0 Å². The molecule has 0 bridgehead atoms. The topological polar surface area (TPSA) is 26.0 Å². The summed E-state index contributed by atoms with van der Waals surface area (Å²) in [4.78, 5) is 0. The summed E-state index contributed by atoms with van der Waals surface area (Å²) in [5, 5.41) is 1.12. The average molecular weight is 344 g/mol. The third kappa shape index (κ3) is 4.84. The van der Waals surface area contributed by atoms with Gasteiger partial charge in [0.25, 0.3) is 0 Å². The zero-order chi connectivity index (χ0) is 16.8. The Kier molecular flexibility index (Phi) is 7.61. The van der Waals surface area contributed by atoms with E-state index in [-0.39, 0.29) is 11.7 Å². The SMILES string of the molecule is CC/C=C(Cl)\C=C/CC(C)C(C)(CN)c1ccc(Cl)cc1F. The molecule has 1 aromatic carbocycles. The van der Waals surface area contributed by atoms with E-state index in [0.29, 0.717) is 17.1 Å². The molecule has 0 aliphatic carbocycles. The molecule has 0 aliphatic heterocycles. The lowest BCUT2D eigenvalue weighted by Crippen LogP contribution is -2.39. The summed E-state index contributed by atoms with van der Waals surface area (Å²) in [6, 6.07) is 4.78. The first kappa shape index (κ1) is 19.2. The highest BCUT2D eigenvalue weighted by Crippen LogP contribution is 2.36. The summed E-state index contributed by atoms with van der Waals surface area (Å²) in [6.45, 7) is 6.46. The fourth-order valence-corrected chi connectivity index (χ4v) is 2.84. The van der Waals surface area contributed by atoms with Crippen LogP contribution < -0.4 is 5.73 Å². The van der Waals surface area contributed by atoms with E-state index in [1.807, 2.05) is 32.1 Å². The molecule has 0 fully saturated rings. The van der Waals surface area contributed by atoms with Gasteiger partial charge in [-0.1, -0.05) is 62.2 Å². The lowest BCUT2D eigenvalue weighted by atomic mass is 9.71. The van der Waals surface area contributed by atoms with Crippen molar-refractivity contribution in [1.29, 1.82) is 0 Å². The number of benzene rings is 1. The zero-order valence-electron chi connectivity index (χ0n) is 13.4. The molecule has 122 valence electrons. The van der Waals surface area contributed by atoms with Crippen molar-refractivity contribution in [1.82, 2.24) is 0 Å². The summed E-state index contributed by atoms with van der Waals surface area (Å²) in [5.41, 5.74) is 6.11. The van der Waals surface area contributed by atoms with Crippen molar-refractivity contribution in [2.45, 2.75) is 39.0 Å². The van der Waals surface area contributed by atoms with Gasteiger partial charge in [0.1, 0.15) is 5.82 Å². The van der Waals surface area contributed by atoms with Gasteiger partial charge in [0.15, 0.2) is 0 Å². The number of nitrogens with two attached hydrogens (primary N) is 1. The molecule has 0 aliphatic rings. The highest BCUT2D eigenvalue weighted by atomic mass is 35.5. The van der Waals surface area contributed by atoms with Crippen molar-refractivity contribution in [3.05, 3.63) is 57.9 Å². The molecule has 1 rings (SSSR count). The molecule has 2 unspecified atom stereocenters. The Morgan fingerprint density at radius 2 is 2.14 bits per heavy atom. The van der Waals surface area contributed by atoms with E-state index in [9.17, 15) is 4.39 Å². The van der Waals surface area contributed by atoms with Crippen LogP contribution in [0.5, 0.6) is 0 Å². The summed E-state index contributed by atoms with van der Waals surface area (Å²) in [7, 11) is 0. The van der Waals surface area contributed by atoms with Crippen LogP contribution in [0.2, 0.25) is 5.02 Å². The van der Waals surface area contributed by atoms with Crippen LogP contribution in [-0.4, -0.2) is 6.54 Å². The van der Waals surface area contributed by atoms with Crippen molar-refractivity contribution >= 4 is 23.2 Å². The Morgan fingerprint density at radius 1 is 1.45 bits per heavy atom. The third-order valence-electron chi connectivity index (χ3n) is 4.22. The first-order chi connectivity index (χ1) is 10.3. The van der Waals surface area contributed by atoms with Gasteiger partial charge in [0.2, 0.25) is 0 Å². The Labute approximate surface area is 143 Å². The van der Waals surface area contributed by atoms with Crippen molar-refractivity contribution in [2.24, 2.45) is 11.7 Å². The largest absolute Gasteiger partial charge is 0.330 e. The van der Waals surface area contributed by atoms with Gasteiger partial charge in [-0.25, -0.2) is 4.39 Å². The molecule has 2 atom stereocenters. The van der Waals surface area contributed by atoms with E-state index in [0.717, 1.165) is 17.9 Å². The minimum atomic E-state index is -0.458. The first-order valence-corrected chi connectivity index (χ1v) is 8.28. The quantitative estimate of drug-likeness (QED) is 0.621.